The van der Waals surface area contributed by atoms with Crippen molar-refractivity contribution in [2.24, 2.45) is 0 Å². The fraction of sp³-hybridized carbons (Fsp3) is 0.429. The van der Waals surface area contributed by atoms with E-state index in [1.807, 2.05) is 13.8 Å². The first-order valence-electron chi connectivity index (χ1n) is 5.73. The SMILES string of the molecule is CCOC(C)OCC#Cc1cc(Cl)ccc1OC. The Kier molecular flexibility index (Phi) is 6.59. The Morgan fingerprint density at radius 3 is 2.78 bits per heavy atom. The van der Waals surface area contributed by atoms with Crippen LogP contribution in [0.3, 0.4) is 0 Å². The number of ether oxygens (including phenoxy) is 3. The van der Waals surface area contributed by atoms with Gasteiger partial charge < -0.3 is 14.2 Å². The number of halogens is 1. The van der Waals surface area contributed by atoms with E-state index in [1.54, 1.807) is 25.3 Å². The second kappa shape index (κ2) is 7.99. The summed E-state index contributed by atoms with van der Waals surface area (Å²) in [7, 11) is 1.60. The molecule has 1 atom stereocenters. The summed E-state index contributed by atoms with van der Waals surface area (Å²) in [6, 6.07) is 5.31. The number of hydrogen-bond acceptors (Lipinski definition) is 3. The Morgan fingerprint density at radius 2 is 2.11 bits per heavy atom. The van der Waals surface area contributed by atoms with Gasteiger partial charge in [-0.1, -0.05) is 23.4 Å². The van der Waals surface area contributed by atoms with Gasteiger partial charge in [-0.15, -0.1) is 0 Å². The Hall–Kier alpha value is -1.21. The van der Waals surface area contributed by atoms with Crippen LogP contribution in [0.25, 0.3) is 0 Å². The lowest BCUT2D eigenvalue weighted by Crippen LogP contribution is -2.12. The van der Waals surface area contributed by atoms with Crippen molar-refractivity contribution in [2.45, 2.75) is 20.1 Å². The fourth-order valence-electron chi connectivity index (χ4n) is 1.35. The van der Waals surface area contributed by atoms with Crippen LogP contribution in [-0.4, -0.2) is 26.6 Å². The van der Waals surface area contributed by atoms with E-state index in [2.05, 4.69) is 11.8 Å². The van der Waals surface area contributed by atoms with Gasteiger partial charge in [0.15, 0.2) is 6.29 Å². The highest BCUT2D eigenvalue weighted by atomic mass is 35.5. The molecular formula is C14H17ClO3. The molecule has 0 spiro atoms. The maximum Gasteiger partial charge on any atom is 0.156 e. The summed E-state index contributed by atoms with van der Waals surface area (Å²) in [6.45, 7) is 4.68. The van der Waals surface area contributed by atoms with Crippen LogP contribution in [0.5, 0.6) is 5.75 Å². The fourth-order valence-corrected chi connectivity index (χ4v) is 1.52. The lowest BCUT2D eigenvalue weighted by atomic mass is 10.2. The van der Waals surface area contributed by atoms with E-state index >= 15 is 0 Å². The highest BCUT2D eigenvalue weighted by Crippen LogP contribution is 2.21. The number of hydrogen-bond donors (Lipinski definition) is 0. The van der Waals surface area contributed by atoms with Gasteiger partial charge in [-0.25, -0.2) is 0 Å². The highest BCUT2D eigenvalue weighted by Gasteiger charge is 2.01. The van der Waals surface area contributed by atoms with E-state index in [0.29, 0.717) is 24.0 Å². The zero-order valence-corrected chi connectivity index (χ0v) is 11.6. The van der Waals surface area contributed by atoms with Gasteiger partial charge in [0.05, 0.1) is 12.7 Å². The van der Waals surface area contributed by atoms with E-state index < -0.39 is 0 Å². The number of rotatable bonds is 5. The van der Waals surface area contributed by atoms with Crippen molar-refractivity contribution in [1.29, 1.82) is 0 Å². The molecule has 0 amide bonds. The summed E-state index contributed by atoms with van der Waals surface area (Å²) in [5.41, 5.74) is 0.748. The molecule has 1 rings (SSSR count). The molecule has 1 aromatic carbocycles. The van der Waals surface area contributed by atoms with Gasteiger partial charge in [-0.2, -0.15) is 0 Å². The minimum Gasteiger partial charge on any atom is -0.495 e. The van der Waals surface area contributed by atoms with Crippen LogP contribution in [0.1, 0.15) is 19.4 Å². The molecular weight excluding hydrogens is 252 g/mol. The number of benzene rings is 1. The summed E-state index contributed by atoms with van der Waals surface area (Å²) >= 11 is 5.90. The maximum atomic E-state index is 5.90. The van der Waals surface area contributed by atoms with E-state index in [4.69, 9.17) is 25.8 Å². The molecule has 98 valence electrons. The molecule has 0 bridgehead atoms. The number of methoxy groups -OCH3 is 1. The molecule has 0 saturated heterocycles. The van der Waals surface area contributed by atoms with Crippen LogP contribution >= 0.6 is 11.6 Å². The van der Waals surface area contributed by atoms with Crippen LogP contribution < -0.4 is 4.74 Å². The van der Waals surface area contributed by atoms with E-state index in [1.165, 1.54) is 0 Å². The second-order valence-electron chi connectivity index (χ2n) is 3.48. The standard InChI is InChI=1S/C14H17ClO3/c1-4-17-11(2)18-9-5-6-12-10-13(15)7-8-14(12)16-3/h7-8,10-11H,4,9H2,1-3H3. The Morgan fingerprint density at radius 1 is 1.33 bits per heavy atom. The van der Waals surface area contributed by atoms with Gasteiger partial charge >= 0.3 is 0 Å². The van der Waals surface area contributed by atoms with Gasteiger partial charge in [0.1, 0.15) is 12.4 Å². The van der Waals surface area contributed by atoms with E-state index in [0.717, 1.165) is 5.56 Å². The molecule has 0 aliphatic carbocycles. The molecule has 0 aliphatic rings. The minimum atomic E-state index is -0.245. The molecule has 1 aromatic rings. The molecule has 1 unspecified atom stereocenters. The van der Waals surface area contributed by atoms with Crippen LogP contribution in [0.4, 0.5) is 0 Å². The van der Waals surface area contributed by atoms with Crippen LogP contribution in [0, 0.1) is 11.8 Å². The predicted molar refractivity (Wildman–Crippen MR) is 71.9 cm³/mol. The molecule has 0 radical (unpaired) electrons. The van der Waals surface area contributed by atoms with Gasteiger partial charge in [-0.3, -0.25) is 0 Å². The minimum absolute atomic E-state index is 0.245. The highest BCUT2D eigenvalue weighted by molar-refractivity contribution is 6.30. The van der Waals surface area contributed by atoms with Gasteiger partial charge in [0, 0.05) is 11.6 Å². The summed E-state index contributed by atoms with van der Waals surface area (Å²) in [5, 5.41) is 0.628. The van der Waals surface area contributed by atoms with E-state index in [9.17, 15) is 0 Å². The molecule has 3 nitrogen and oxygen atoms in total. The Bertz CT molecular complexity index is 434. The lowest BCUT2D eigenvalue weighted by Gasteiger charge is -2.09. The van der Waals surface area contributed by atoms with Crippen LogP contribution in [0.2, 0.25) is 5.02 Å². The Balaban J connectivity index is 2.59. The molecule has 0 N–H and O–H groups in total. The largest absolute Gasteiger partial charge is 0.495 e. The summed E-state index contributed by atoms with van der Waals surface area (Å²) in [4.78, 5) is 0. The maximum absolute atomic E-state index is 5.90. The van der Waals surface area contributed by atoms with Crippen molar-refractivity contribution in [1.82, 2.24) is 0 Å². The van der Waals surface area contributed by atoms with Crippen molar-refractivity contribution in [3.63, 3.8) is 0 Å². The van der Waals surface area contributed by atoms with Crippen molar-refractivity contribution in [2.75, 3.05) is 20.3 Å². The van der Waals surface area contributed by atoms with Crippen molar-refractivity contribution in [3.8, 4) is 17.6 Å². The van der Waals surface area contributed by atoms with Crippen molar-refractivity contribution in [3.05, 3.63) is 28.8 Å². The summed E-state index contributed by atoms with van der Waals surface area (Å²) < 4.78 is 15.8. The normalized spacial score (nSPS) is 11.6. The zero-order chi connectivity index (χ0) is 13.4. The van der Waals surface area contributed by atoms with Gasteiger partial charge in [0.25, 0.3) is 0 Å². The molecule has 0 fully saturated rings. The molecule has 18 heavy (non-hydrogen) atoms. The van der Waals surface area contributed by atoms with Crippen molar-refractivity contribution < 1.29 is 14.2 Å². The van der Waals surface area contributed by atoms with Crippen LogP contribution in [-0.2, 0) is 9.47 Å². The molecule has 0 aromatic heterocycles. The predicted octanol–water partition coefficient (Wildman–Crippen LogP) is 3.10. The van der Waals surface area contributed by atoms with Gasteiger partial charge in [-0.05, 0) is 32.0 Å². The molecule has 0 aliphatic heterocycles. The first-order valence-corrected chi connectivity index (χ1v) is 6.10. The van der Waals surface area contributed by atoms with Gasteiger partial charge in [0.2, 0.25) is 0 Å². The lowest BCUT2D eigenvalue weighted by molar-refractivity contribution is -0.117. The smallest absolute Gasteiger partial charge is 0.156 e. The topological polar surface area (TPSA) is 27.7 Å². The molecule has 0 saturated carbocycles. The first kappa shape index (κ1) is 14.8. The average molecular weight is 269 g/mol. The van der Waals surface area contributed by atoms with E-state index in [-0.39, 0.29) is 6.29 Å². The van der Waals surface area contributed by atoms with Crippen LogP contribution in [0.15, 0.2) is 18.2 Å². The third-order valence-electron chi connectivity index (χ3n) is 2.18. The quantitative estimate of drug-likeness (QED) is 0.607. The molecule has 4 heteroatoms. The Labute approximate surface area is 113 Å². The third kappa shape index (κ3) is 4.97. The molecule has 0 heterocycles. The van der Waals surface area contributed by atoms with Crippen molar-refractivity contribution >= 4 is 11.6 Å². The average Bonchev–Trinajstić information content (AvgIpc) is 2.35. The third-order valence-corrected chi connectivity index (χ3v) is 2.41. The first-order chi connectivity index (χ1) is 8.67. The monoisotopic (exact) mass is 268 g/mol. The summed E-state index contributed by atoms with van der Waals surface area (Å²) in [5.74, 6) is 6.56. The summed E-state index contributed by atoms with van der Waals surface area (Å²) in [6.07, 6.45) is -0.245. The second-order valence-corrected chi connectivity index (χ2v) is 3.92. The zero-order valence-electron chi connectivity index (χ0n) is 10.8.